The van der Waals surface area contributed by atoms with Crippen molar-refractivity contribution < 1.29 is 0 Å². The molecule has 1 aromatic carbocycles. The van der Waals surface area contributed by atoms with Crippen LogP contribution in [0.15, 0.2) is 30.5 Å². The van der Waals surface area contributed by atoms with Crippen LogP contribution >= 0.6 is 22.7 Å². The molecule has 0 fully saturated rings. The molecule has 3 rings (SSSR count). The minimum Gasteiger partial charge on any atom is -0.363 e. The largest absolute Gasteiger partial charge is 0.363 e. The van der Waals surface area contributed by atoms with Crippen molar-refractivity contribution in [3.63, 3.8) is 0 Å². The Morgan fingerprint density at radius 2 is 2.00 bits per heavy atom. The number of aryl methyl sites for hydroxylation is 1. The number of nitrogens with one attached hydrogen (secondary N) is 1. The van der Waals surface area contributed by atoms with E-state index >= 15 is 0 Å². The lowest BCUT2D eigenvalue weighted by molar-refractivity contribution is 1.09. The molecule has 0 atom stereocenters. The van der Waals surface area contributed by atoms with Gasteiger partial charge in [0.1, 0.15) is 5.01 Å². The first kappa shape index (κ1) is 12.3. The minimum atomic E-state index is 0.820. The number of aromatic nitrogens is 3. The van der Waals surface area contributed by atoms with Crippen molar-refractivity contribution in [3.05, 3.63) is 36.0 Å². The lowest BCUT2D eigenvalue weighted by atomic mass is 10.1. The van der Waals surface area contributed by atoms with E-state index in [-0.39, 0.29) is 0 Å². The SMILES string of the molecule is CNc1nnc(-c2cnc(-c3cccc(C)c3)s2)s1. The molecular weight excluding hydrogens is 276 g/mol. The van der Waals surface area contributed by atoms with Gasteiger partial charge in [-0.2, -0.15) is 0 Å². The van der Waals surface area contributed by atoms with Gasteiger partial charge in [0.15, 0.2) is 5.01 Å². The second-order valence-corrected chi connectivity index (χ2v) is 6.07. The second kappa shape index (κ2) is 5.07. The van der Waals surface area contributed by atoms with Crippen LogP contribution in [0.2, 0.25) is 0 Å². The van der Waals surface area contributed by atoms with Crippen molar-refractivity contribution in [2.45, 2.75) is 6.92 Å². The third kappa shape index (κ3) is 2.50. The van der Waals surface area contributed by atoms with Gasteiger partial charge >= 0.3 is 0 Å². The van der Waals surface area contributed by atoms with Crippen LogP contribution in [-0.4, -0.2) is 22.2 Å². The topological polar surface area (TPSA) is 50.7 Å². The van der Waals surface area contributed by atoms with Gasteiger partial charge in [-0.3, -0.25) is 0 Å². The molecule has 2 aromatic heterocycles. The Bertz CT molecular complexity index is 702. The van der Waals surface area contributed by atoms with Crippen LogP contribution in [0.25, 0.3) is 20.5 Å². The predicted octanol–water partition coefficient (Wildman–Crippen LogP) is 3.68. The normalized spacial score (nSPS) is 10.6. The van der Waals surface area contributed by atoms with Crippen LogP contribution in [0, 0.1) is 6.92 Å². The number of hydrogen-bond acceptors (Lipinski definition) is 6. The molecule has 1 N–H and O–H groups in total. The third-order valence-electron chi connectivity index (χ3n) is 2.62. The quantitative estimate of drug-likeness (QED) is 0.798. The van der Waals surface area contributed by atoms with E-state index in [4.69, 9.17) is 0 Å². The van der Waals surface area contributed by atoms with Crippen LogP contribution in [0.3, 0.4) is 0 Å². The maximum Gasteiger partial charge on any atom is 0.205 e. The zero-order valence-corrected chi connectivity index (χ0v) is 12.2. The lowest BCUT2D eigenvalue weighted by Crippen LogP contribution is -1.84. The van der Waals surface area contributed by atoms with E-state index in [0.717, 1.165) is 25.6 Å². The van der Waals surface area contributed by atoms with Crippen LogP contribution in [0.1, 0.15) is 5.56 Å². The summed E-state index contributed by atoms with van der Waals surface area (Å²) in [6.07, 6.45) is 1.86. The average Bonchev–Trinajstić information content (AvgIpc) is 3.07. The van der Waals surface area contributed by atoms with Gasteiger partial charge < -0.3 is 5.32 Å². The van der Waals surface area contributed by atoms with Crippen molar-refractivity contribution in [2.24, 2.45) is 0 Å². The van der Waals surface area contributed by atoms with Gasteiger partial charge in [-0.1, -0.05) is 35.1 Å². The van der Waals surface area contributed by atoms with Gasteiger partial charge in [-0.25, -0.2) is 4.98 Å². The van der Waals surface area contributed by atoms with Gasteiger partial charge in [0.2, 0.25) is 5.13 Å². The van der Waals surface area contributed by atoms with Crippen LogP contribution in [0.5, 0.6) is 0 Å². The fourth-order valence-electron chi connectivity index (χ4n) is 1.71. The van der Waals surface area contributed by atoms with Crippen molar-refractivity contribution in [2.75, 3.05) is 12.4 Å². The molecule has 0 aliphatic heterocycles. The molecule has 6 heteroatoms. The first-order chi connectivity index (χ1) is 9.26. The third-order valence-corrected chi connectivity index (χ3v) is 4.78. The highest BCUT2D eigenvalue weighted by Crippen LogP contribution is 2.34. The summed E-state index contributed by atoms with van der Waals surface area (Å²) in [5.41, 5.74) is 2.39. The molecule has 96 valence electrons. The molecule has 0 bridgehead atoms. The summed E-state index contributed by atoms with van der Waals surface area (Å²) >= 11 is 3.18. The molecule has 19 heavy (non-hydrogen) atoms. The Morgan fingerprint density at radius 3 is 2.74 bits per heavy atom. The summed E-state index contributed by atoms with van der Waals surface area (Å²) in [4.78, 5) is 5.53. The molecule has 2 heterocycles. The molecule has 0 radical (unpaired) electrons. The highest BCUT2D eigenvalue weighted by Gasteiger charge is 2.11. The van der Waals surface area contributed by atoms with E-state index in [1.807, 2.05) is 13.2 Å². The zero-order valence-electron chi connectivity index (χ0n) is 10.5. The van der Waals surface area contributed by atoms with Crippen molar-refractivity contribution in [3.8, 4) is 20.5 Å². The molecular formula is C13H12N4S2. The van der Waals surface area contributed by atoms with E-state index in [1.165, 1.54) is 16.9 Å². The Morgan fingerprint density at radius 1 is 1.11 bits per heavy atom. The van der Waals surface area contributed by atoms with Gasteiger partial charge in [-0.15, -0.1) is 21.5 Å². The van der Waals surface area contributed by atoms with E-state index < -0.39 is 0 Å². The van der Waals surface area contributed by atoms with Crippen molar-refractivity contribution >= 4 is 27.8 Å². The highest BCUT2D eigenvalue weighted by molar-refractivity contribution is 7.24. The fraction of sp³-hybridized carbons (Fsp3) is 0.154. The zero-order chi connectivity index (χ0) is 13.2. The highest BCUT2D eigenvalue weighted by atomic mass is 32.1. The maximum atomic E-state index is 4.48. The molecule has 0 spiro atoms. The molecule has 3 aromatic rings. The monoisotopic (exact) mass is 288 g/mol. The number of rotatable bonds is 3. The lowest BCUT2D eigenvalue weighted by Gasteiger charge is -1.96. The van der Waals surface area contributed by atoms with Gasteiger partial charge in [0, 0.05) is 18.8 Å². The van der Waals surface area contributed by atoms with Gasteiger partial charge in [0.05, 0.1) is 4.88 Å². The van der Waals surface area contributed by atoms with Crippen LogP contribution in [-0.2, 0) is 0 Å². The number of thiazole rings is 1. The van der Waals surface area contributed by atoms with Gasteiger partial charge in [-0.05, 0) is 13.0 Å². The summed E-state index contributed by atoms with van der Waals surface area (Å²) in [5, 5.41) is 13.9. The Labute approximate surface area is 119 Å². The van der Waals surface area contributed by atoms with Crippen molar-refractivity contribution in [1.29, 1.82) is 0 Å². The Balaban J connectivity index is 1.95. The second-order valence-electron chi connectivity index (χ2n) is 4.06. The smallest absolute Gasteiger partial charge is 0.205 e. The Hall–Kier alpha value is -1.79. The molecule has 0 aliphatic carbocycles. The summed E-state index contributed by atoms with van der Waals surface area (Å²) in [7, 11) is 1.84. The first-order valence-corrected chi connectivity index (χ1v) is 7.44. The van der Waals surface area contributed by atoms with E-state index in [2.05, 4.69) is 51.7 Å². The minimum absolute atomic E-state index is 0.820. The summed E-state index contributed by atoms with van der Waals surface area (Å²) in [5.74, 6) is 0. The van der Waals surface area contributed by atoms with Crippen LogP contribution in [0.4, 0.5) is 5.13 Å². The average molecular weight is 288 g/mol. The number of nitrogens with zero attached hydrogens (tertiary/aromatic N) is 3. The standard InChI is InChI=1S/C13H12N4S2/c1-8-4-3-5-9(6-8)11-15-7-10(18-11)12-16-17-13(14-2)19-12/h3-7H,1-2H3,(H,14,17). The summed E-state index contributed by atoms with van der Waals surface area (Å²) in [6.45, 7) is 2.09. The number of hydrogen-bond donors (Lipinski definition) is 1. The van der Waals surface area contributed by atoms with E-state index in [9.17, 15) is 0 Å². The molecule has 0 saturated heterocycles. The molecule has 4 nitrogen and oxygen atoms in total. The summed E-state index contributed by atoms with van der Waals surface area (Å²) in [6, 6.07) is 8.36. The first-order valence-electron chi connectivity index (χ1n) is 5.81. The number of benzene rings is 1. The molecule has 0 aliphatic rings. The molecule has 0 amide bonds. The number of anilines is 1. The van der Waals surface area contributed by atoms with E-state index in [0.29, 0.717) is 0 Å². The summed E-state index contributed by atoms with van der Waals surface area (Å²) < 4.78 is 0. The maximum absolute atomic E-state index is 4.48. The predicted molar refractivity (Wildman–Crippen MR) is 80.7 cm³/mol. The Kier molecular flexibility index (Phi) is 3.27. The van der Waals surface area contributed by atoms with E-state index in [1.54, 1.807) is 11.3 Å². The van der Waals surface area contributed by atoms with Crippen LogP contribution < -0.4 is 5.32 Å². The fourth-order valence-corrected chi connectivity index (χ4v) is 3.35. The van der Waals surface area contributed by atoms with Gasteiger partial charge in [0.25, 0.3) is 0 Å². The van der Waals surface area contributed by atoms with Crippen molar-refractivity contribution in [1.82, 2.24) is 15.2 Å². The molecule has 0 unspecified atom stereocenters. The molecule has 0 saturated carbocycles.